The molecule has 0 bridgehead atoms. The van der Waals surface area contributed by atoms with Crippen molar-refractivity contribution in [3.05, 3.63) is 35.8 Å². The summed E-state index contributed by atoms with van der Waals surface area (Å²) in [6.45, 7) is 2.06. The number of aromatic amines is 1. The zero-order valence-electron chi connectivity index (χ0n) is 11.2. The van der Waals surface area contributed by atoms with Crippen LogP contribution in [0, 0.1) is 0 Å². The van der Waals surface area contributed by atoms with Crippen molar-refractivity contribution in [3.8, 4) is 17.0 Å². The molecule has 0 fully saturated rings. The van der Waals surface area contributed by atoms with Crippen LogP contribution in [0.4, 0.5) is 0 Å². The van der Waals surface area contributed by atoms with Gasteiger partial charge in [0.05, 0.1) is 26.1 Å². The molecule has 2 rings (SSSR count). The van der Waals surface area contributed by atoms with Crippen LogP contribution in [0.25, 0.3) is 11.3 Å². The van der Waals surface area contributed by atoms with E-state index in [9.17, 15) is 4.79 Å². The molecule has 0 atom stereocenters. The van der Waals surface area contributed by atoms with Crippen LogP contribution in [0.5, 0.6) is 5.75 Å². The lowest BCUT2D eigenvalue weighted by molar-refractivity contribution is 0.0588. The lowest BCUT2D eigenvalue weighted by Crippen LogP contribution is -2.03. The minimum Gasteiger partial charge on any atom is -0.496 e. The number of esters is 1. The number of benzene rings is 1. The van der Waals surface area contributed by atoms with E-state index in [1.165, 1.54) is 7.11 Å². The zero-order valence-corrected chi connectivity index (χ0v) is 11.2. The molecule has 0 saturated carbocycles. The maximum Gasteiger partial charge on any atom is 0.374 e. The molecule has 0 spiro atoms. The molecule has 100 valence electrons. The van der Waals surface area contributed by atoms with Crippen LogP contribution in [-0.4, -0.2) is 30.2 Å². The Bertz CT molecular complexity index is 590. The molecule has 0 amide bonds. The molecule has 0 aliphatic heterocycles. The summed E-state index contributed by atoms with van der Waals surface area (Å²) in [6, 6.07) is 5.85. The van der Waals surface area contributed by atoms with E-state index in [1.807, 2.05) is 18.2 Å². The van der Waals surface area contributed by atoms with E-state index in [1.54, 1.807) is 13.3 Å². The summed E-state index contributed by atoms with van der Waals surface area (Å²) in [5.74, 6) is 0.584. The summed E-state index contributed by atoms with van der Waals surface area (Å²) >= 11 is 0. The summed E-state index contributed by atoms with van der Waals surface area (Å²) in [5, 5.41) is 0. The standard InChI is InChI=1S/C14H16N2O3/c1-4-9-7-10(5-6-12(9)18-2)11-8-15-13(16-11)14(17)19-3/h5-8H,4H2,1-3H3,(H,15,16). The molecule has 1 aromatic heterocycles. The van der Waals surface area contributed by atoms with Gasteiger partial charge in [-0.05, 0) is 30.2 Å². The number of rotatable bonds is 4. The monoisotopic (exact) mass is 260 g/mol. The number of carbonyl (C=O) groups excluding carboxylic acids is 1. The number of H-pyrrole nitrogens is 1. The Morgan fingerprint density at radius 3 is 2.79 bits per heavy atom. The number of aryl methyl sites for hydroxylation is 1. The summed E-state index contributed by atoms with van der Waals surface area (Å²) in [7, 11) is 2.98. The van der Waals surface area contributed by atoms with Gasteiger partial charge < -0.3 is 14.5 Å². The van der Waals surface area contributed by atoms with Gasteiger partial charge in [-0.15, -0.1) is 0 Å². The van der Waals surface area contributed by atoms with Gasteiger partial charge in [0.2, 0.25) is 5.82 Å². The van der Waals surface area contributed by atoms with Crippen LogP contribution < -0.4 is 4.74 Å². The number of carbonyl (C=O) groups is 1. The third-order valence-corrected chi connectivity index (χ3v) is 2.93. The van der Waals surface area contributed by atoms with Gasteiger partial charge in [0, 0.05) is 5.56 Å². The zero-order chi connectivity index (χ0) is 13.8. The highest BCUT2D eigenvalue weighted by Gasteiger charge is 2.12. The second kappa shape index (κ2) is 5.56. The van der Waals surface area contributed by atoms with E-state index in [0.717, 1.165) is 29.0 Å². The molecule has 5 heteroatoms. The van der Waals surface area contributed by atoms with Crippen molar-refractivity contribution < 1.29 is 14.3 Å². The van der Waals surface area contributed by atoms with E-state index in [0.29, 0.717) is 0 Å². The number of hydrogen-bond donors (Lipinski definition) is 1. The molecular formula is C14H16N2O3. The maximum absolute atomic E-state index is 11.3. The fourth-order valence-corrected chi connectivity index (χ4v) is 1.89. The van der Waals surface area contributed by atoms with Crippen LogP contribution in [-0.2, 0) is 11.2 Å². The van der Waals surface area contributed by atoms with Crippen molar-refractivity contribution in [2.75, 3.05) is 14.2 Å². The van der Waals surface area contributed by atoms with Gasteiger partial charge >= 0.3 is 5.97 Å². The lowest BCUT2D eigenvalue weighted by atomic mass is 10.1. The van der Waals surface area contributed by atoms with Gasteiger partial charge in [0.25, 0.3) is 0 Å². The maximum atomic E-state index is 11.3. The number of ether oxygens (including phenoxy) is 2. The number of nitrogens with zero attached hydrogens (tertiary/aromatic N) is 1. The predicted octanol–water partition coefficient (Wildman–Crippen LogP) is 2.43. The first-order chi connectivity index (χ1) is 9.19. The Morgan fingerprint density at radius 1 is 1.37 bits per heavy atom. The molecule has 0 radical (unpaired) electrons. The minimum atomic E-state index is -0.476. The summed E-state index contributed by atoms with van der Waals surface area (Å²) in [4.78, 5) is 18.3. The summed E-state index contributed by atoms with van der Waals surface area (Å²) < 4.78 is 9.90. The Kier molecular flexibility index (Phi) is 3.85. The molecule has 0 saturated heterocycles. The number of imidazole rings is 1. The van der Waals surface area contributed by atoms with Crippen molar-refractivity contribution in [2.24, 2.45) is 0 Å². The summed E-state index contributed by atoms with van der Waals surface area (Å²) in [6.07, 6.45) is 2.49. The van der Waals surface area contributed by atoms with Crippen molar-refractivity contribution in [1.82, 2.24) is 9.97 Å². The third-order valence-electron chi connectivity index (χ3n) is 2.93. The first-order valence-electron chi connectivity index (χ1n) is 6.00. The predicted molar refractivity (Wildman–Crippen MR) is 71.3 cm³/mol. The first-order valence-corrected chi connectivity index (χ1v) is 6.00. The molecule has 0 aliphatic rings. The Morgan fingerprint density at radius 2 is 2.16 bits per heavy atom. The molecule has 0 aliphatic carbocycles. The van der Waals surface area contributed by atoms with E-state index >= 15 is 0 Å². The highest BCUT2D eigenvalue weighted by atomic mass is 16.5. The van der Waals surface area contributed by atoms with Gasteiger partial charge in [0.15, 0.2) is 0 Å². The van der Waals surface area contributed by atoms with Crippen LogP contribution in [0.3, 0.4) is 0 Å². The fraction of sp³-hybridized carbons (Fsp3) is 0.286. The second-order valence-electron chi connectivity index (χ2n) is 4.02. The van der Waals surface area contributed by atoms with Gasteiger partial charge in [-0.1, -0.05) is 6.92 Å². The molecule has 0 unspecified atom stereocenters. The Balaban J connectivity index is 2.36. The molecule has 1 aromatic carbocycles. The molecule has 5 nitrogen and oxygen atoms in total. The Labute approximate surface area is 111 Å². The quantitative estimate of drug-likeness (QED) is 0.857. The number of methoxy groups -OCH3 is 2. The van der Waals surface area contributed by atoms with Crippen LogP contribution in [0.15, 0.2) is 24.4 Å². The molecule has 1 heterocycles. The first kappa shape index (κ1) is 13.1. The molecule has 1 N–H and O–H groups in total. The van der Waals surface area contributed by atoms with Gasteiger partial charge in [-0.25, -0.2) is 9.78 Å². The normalized spacial score (nSPS) is 10.3. The topological polar surface area (TPSA) is 64.2 Å². The smallest absolute Gasteiger partial charge is 0.374 e. The lowest BCUT2D eigenvalue weighted by Gasteiger charge is -2.08. The van der Waals surface area contributed by atoms with Crippen LogP contribution in [0.1, 0.15) is 23.1 Å². The van der Waals surface area contributed by atoms with Crippen LogP contribution in [0.2, 0.25) is 0 Å². The third kappa shape index (κ3) is 2.59. The number of nitrogens with one attached hydrogen (secondary N) is 1. The second-order valence-corrected chi connectivity index (χ2v) is 4.02. The van der Waals surface area contributed by atoms with E-state index in [4.69, 9.17) is 4.74 Å². The van der Waals surface area contributed by atoms with Crippen LogP contribution >= 0.6 is 0 Å². The van der Waals surface area contributed by atoms with Crippen molar-refractivity contribution in [1.29, 1.82) is 0 Å². The van der Waals surface area contributed by atoms with Crippen molar-refractivity contribution in [2.45, 2.75) is 13.3 Å². The van der Waals surface area contributed by atoms with Gasteiger partial charge in [-0.3, -0.25) is 0 Å². The summed E-state index contributed by atoms with van der Waals surface area (Å²) in [5.41, 5.74) is 2.84. The minimum absolute atomic E-state index is 0.200. The molecular weight excluding hydrogens is 244 g/mol. The van der Waals surface area contributed by atoms with E-state index < -0.39 is 5.97 Å². The largest absolute Gasteiger partial charge is 0.496 e. The number of aromatic nitrogens is 2. The average molecular weight is 260 g/mol. The molecule has 2 aromatic rings. The average Bonchev–Trinajstić information content (AvgIpc) is 2.95. The number of hydrogen-bond acceptors (Lipinski definition) is 4. The highest BCUT2D eigenvalue weighted by Crippen LogP contribution is 2.26. The van der Waals surface area contributed by atoms with E-state index in [2.05, 4.69) is 21.6 Å². The van der Waals surface area contributed by atoms with Gasteiger partial charge in [0.1, 0.15) is 5.75 Å². The fourth-order valence-electron chi connectivity index (χ4n) is 1.89. The Hall–Kier alpha value is -2.30. The van der Waals surface area contributed by atoms with E-state index in [-0.39, 0.29) is 5.82 Å². The highest BCUT2D eigenvalue weighted by molar-refractivity contribution is 5.86. The van der Waals surface area contributed by atoms with Crippen molar-refractivity contribution in [3.63, 3.8) is 0 Å². The van der Waals surface area contributed by atoms with Crippen molar-refractivity contribution >= 4 is 5.97 Å². The van der Waals surface area contributed by atoms with Gasteiger partial charge in [-0.2, -0.15) is 0 Å². The molecule has 19 heavy (non-hydrogen) atoms. The SMILES string of the molecule is CCc1cc(-c2cnc(C(=O)OC)[nH]2)ccc1OC.